The van der Waals surface area contributed by atoms with E-state index in [0.29, 0.717) is 42.9 Å². The van der Waals surface area contributed by atoms with E-state index in [1.807, 2.05) is 38.1 Å². The van der Waals surface area contributed by atoms with Gasteiger partial charge in [0.1, 0.15) is 6.10 Å². The van der Waals surface area contributed by atoms with Gasteiger partial charge in [-0.3, -0.25) is 9.79 Å². The van der Waals surface area contributed by atoms with E-state index in [4.69, 9.17) is 13.9 Å². The highest BCUT2D eigenvalue weighted by atomic mass is 127. The summed E-state index contributed by atoms with van der Waals surface area (Å²) in [5, 5.41) is 9.28. The van der Waals surface area contributed by atoms with Crippen molar-refractivity contribution in [2.75, 3.05) is 33.8 Å². The van der Waals surface area contributed by atoms with E-state index in [-0.39, 0.29) is 36.0 Å². The van der Waals surface area contributed by atoms with Crippen LogP contribution in [-0.4, -0.2) is 51.8 Å². The monoisotopic (exact) mass is 530 g/mol. The first kappa shape index (κ1) is 25.6. The van der Waals surface area contributed by atoms with Gasteiger partial charge in [-0.2, -0.15) is 0 Å². The number of aryl methyl sites for hydroxylation is 1. The Morgan fingerprint density at radius 1 is 1.13 bits per heavy atom. The Bertz CT molecular complexity index is 810. The van der Waals surface area contributed by atoms with Crippen molar-refractivity contribution in [3.05, 3.63) is 47.9 Å². The molecule has 0 saturated heterocycles. The quantitative estimate of drug-likeness (QED) is 0.189. The summed E-state index contributed by atoms with van der Waals surface area (Å²) in [5.74, 6) is 2.24. The lowest BCUT2D eigenvalue weighted by atomic mass is 10.2. The first-order valence-electron chi connectivity index (χ1n) is 9.61. The van der Waals surface area contributed by atoms with Crippen LogP contribution in [0.25, 0.3) is 0 Å². The minimum Gasteiger partial charge on any atom is -0.493 e. The molecule has 0 spiro atoms. The summed E-state index contributed by atoms with van der Waals surface area (Å²) in [5.41, 5.74) is 0.828. The summed E-state index contributed by atoms with van der Waals surface area (Å²) in [7, 11) is 3.33. The number of hydrogen-bond acceptors (Lipinski definition) is 5. The molecule has 1 aromatic heterocycles. The van der Waals surface area contributed by atoms with Gasteiger partial charge in [0, 0.05) is 25.7 Å². The molecule has 2 aromatic rings. The van der Waals surface area contributed by atoms with Gasteiger partial charge in [-0.05, 0) is 38.5 Å². The second-order valence-electron chi connectivity index (χ2n) is 6.50. The van der Waals surface area contributed by atoms with Gasteiger partial charge in [0.15, 0.2) is 23.2 Å². The number of carbonyl (C=O) groups excluding carboxylic acids is 1. The number of carbonyl (C=O) groups is 1. The number of para-hydroxylation sites is 2. The Morgan fingerprint density at radius 3 is 2.47 bits per heavy atom. The highest BCUT2D eigenvalue weighted by Gasteiger charge is 2.12. The Labute approximate surface area is 194 Å². The number of nitrogens with zero attached hydrogens (tertiary/aromatic N) is 1. The van der Waals surface area contributed by atoms with Crippen molar-refractivity contribution in [1.29, 1.82) is 0 Å². The van der Waals surface area contributed by atoms with Crippen LogP contribution in [0.1, 0.15) is 29.5 Å². The van der Waals surface area contributed by atoms with E-state index in [0.717, 1.165) is 12.0 Å². The molecule has 30 heavy (non-hydrogen) atoms. The van der Waals surface area contributed by atoms with Gasteiger partial charge in [0.2, 0.25) is 0 Å². The number of methoxy groups -OCH3 is 1. The zero-order valence-electron chi connectivity index (χ0n) is 17.9. The number of hydrogen-bond donors (Lipinski definition) is 3. The van der Waals surface area contributed by atoms with Gasteiger partial charge in [-0.1, -0.05) is 12.1 Å². The summed E-state index contributed by atoms with van der Waals surface area (Å²) in [4.78, 5) is 16.2. The van der Waals surface area contributed by atoms with Crippen LogP contribution >= 0.6 is 24.0 Å². The first-order valence-corrected chi connectivity index (χ1v) is 9.61. The number of nitrogens with one attached hydrogen (secondary N) is 3. The predicted molar refractivity (Wildman–Crippen MR) is 128 cm³/mol. The fourth-order valence-electron chi connectivity index (χ4n) is 2.62. The molecule has 1 atom stereocenters. The molecule has 1 aromatic carbocycles. The van der Waals surface area contributed by atoms with Gasteiger partial charge in [0.25, 0.3) is 5.91 Å². The molecule has 1 amide bonds. The van der Waals surface area contributed by atoms with Crippen LogP contribution in [0, 0.1) is 6.92 Å². The van der Waals surface area contributed by atoms with Crippen molar-refractivity contribution >= 4 is 35.8 Å². The average molecular weight is 530 g/mol. The maximum atomic E-state index is 12.0. The summed E-state index contributed by atoms with van der Waals surface area (Å²) < 4.78 is 16.4. The molecular weight excluding hydrogens is 499 g/mol. The molecule has 0 saturated carbocycles. The molecular formula is C21H31IN4O4. The van der Waals surface area contributed by atoms with Gasteiger partial charge in [0.05, 0.1) is 19.9 Å². The third kappa shape index (κ3) is 8.13. The molecule has 166 valence electrons. The molecule has 0 bridgehead atoms. The zero-order chi connectivity index (χ0) is 21.1. The van der Waals surface area contributed by atoms with E-state index >= 15 is 0 Å². The molecule has 0 radical (unpaired) electrons. The summed E-state index contributed by atoms with van der Waals surface area (Å²) in [6.07, 6.45) is 2.18. The smallest absolute Gasteiger partial charge is 0.287 e. The lowest BCUT2D eigenvalue weighted by molar-refractivity contribution is 0.0925. The maximum absolute atomic E-state index is 12.0. The first-order chi connectivity index (χ1) is 14.0. The molecule has 8 nitrogen and oxygen atoms in total. The summed E-state index contributed by atoms with van der Waals surface area (Å²) >= 11 is 0. The number of rotatable bonds is 10. The number of halogens is 1. The lowest BCUT2D eigenvalue weighted by Crippen LogP contribution is -2.42. The predicted octanol–water partition coefficient (Wildman–Crippen LogP) is 2.97. The third-order valence-corrected chi connectivity index (χ3v) is 4.18. The second-order valence-corrected chi connectivity index (χ2v) is 6.50. The molecule has 1 unspecified atom stereocenters. The molecule has 9 heteroatoms. The van der Waals surface area contributed by atoms with Gasteiger partial charge in [-0.15, -0.1) is 24.0 Å². The minimum atomic E-state index is -0.197. The van der Waals surface area contributed by atoms with Crippen LogP contribution in [0.3, 0.4) is 0 Å². The van der Waals surface area contributed by atoms with E-state index < -0.39 is 0 Å². The highest BCUT2D eigenvalue weighted by Crippen LogP contribution is 2.26. The molecule has 2 rings (SSSR count). The molecule has 3 N–H and O–H groups in total. The molecule has 0 aliphatic heterocycles. The number of ether oxygens (including phenoxy) is 2. The SMILES string of the molecule is CN=C(NCCCNC(=O)c1occc1C)NCC(C)Oc1ccccc1OC.I. The largest absolute Gasteiger partial charge is 0.493 e. The Morgan fingerprint density at radius 2 is 1.83 bits per heavy atom. The third-order valence-electron chi connectivity index (χ3n) is 4.18. The van der Waals surface area contributed by atoms with Crippen LogP contribution in [-0.2, 0) is 0 Å². The van der Waals surface area contributed by atoms with E-state index in [2.05, 4.69) is 20.9 Å². The number of amides is 1. The van der Waals surface area contributed by atoms with Crippen LogP contribution in [0.5, 0.6) is 11.5 Å². The van der Waals surface area contributed by atoms with Crippen molar-refractivity contribution < 1.29 is 18.7 Å². The standard InChI is InChI=1S/C21H30N4O4.HI/c1-15-10-13-28-19(15)20(26)23-11-7-12-24-21(22-3)25-14-16(2)29-18-9-6-5-8-17(18)27-4;/h5-6,8-10,13,16H,7,11-12,14H2,1-4H3,(H,23,26)(H2,22,24,25);1H. The molecule has 1 heterocycles. The van der Waals surface area contributed by atoms with Gasteiger partial charge >= 0.3 is 0 Å². The van der Waals surface area contributed by atoms with Crippen molar-refractivity contribution in [3.8, 4) is 11.5 Å². The van der Waals surface area contributed by atoms with E-state index in [1.54, 1.807) is 20.2 Å². The number of furan rings is 1. The minimum absolute atomic E-state index is 0. The Kier molecular flexibility index (Phi) is 11.7. The molecule has 0 aliphatic rings. The summed E-state index contributed by atoms with van der Waals surface area (Å²) in [6, 6.07) is 9.32. The highest BCUT2D eigenvalue weighted by molar-refractivity contribution is 14.0. The van der Waals surface area contributed by atoms with E-state index in [1.165, 1.54) is 6.26 Å². The fraction of sp³-hybridized carbons (Fsp3) is 0.429. The van der Waals surface area contributed by atoms with Crippen LogP contribution in [0.2, 0.25) is 0 Å². The fourth-order valence-corrected chi connectivity index (χ4v) is 2.62. The topological polar surface area (TPSA) is 97.1 Å². The van der Waals surface area contributed by atoms with Gasteiger partial charge < -0.3 is 29.8 Å². The van der Waals surface area contributed by atoms with Crippen molar-refractivity contribution in [2.24, 2.45) is 4.99 Å². The van der Waals surface area contributed by atoms with Crippen LogP contribution < -0.4 is 25.4 Å². The molecule has 0 fully saturated rings. The van der Waals surface area contributed by atoms with E-state index in [9.17, 15) is 4.79 Å². The Balaban J connectivity index is 0.00000450. The second kappa shape index (κ2) is 13.7. The number of benzene rings is 1. The van der Waals surface area contributed by atoms with Crippen molar-refractivity contribution in [1.82, 2.24) is 16.0 Å². The maximum Gasteiger partial charge on any atom is 0.287 e. The number of aliphatic imine (C=N–C) groups is 1. The van der Waals surface area contributed by atoms with Crippen molar-refractivity contribution in [2.45, 2.75) is 26.4 Å². The Hall–Kier alpha value is -2.43. The van der Waals surface area contributed by atoms with Crippen LogP contribution in [0.4, 0.5) is 0 Å². The zero-order valence-corrected chi connectivity index (χ0v) is 20.2. The van der Waals surface area contributed by atoms with Crippen LogP contribution in [0.15, 0.2) is 46.0 Å². The molecule has 0 aliphatic carbocycles. The normalized spacial score (nSPS) is 11.8. The lowest BCUT2D eigenvalue weighted by Gasteiger charge is -2.19. The van der Waals surface area contributed by atoms with Gasteiger partial charge in [-0.25, -0.2) is 0 Å². The summed E-state index contributed by atoms with van der Waals surface area (Å²) in [6.45, 7) is 5.59. The van der Waals surface area contributed by atoms with Crippen molar-refractivity contribution in [3.63, 3.8) is 0 Å². The average Bonchev–Trinajstić information content (AvgIpc) is 3.16. The number of guanidine groups is 1.